The Kier molecular flexibility index (Phi) is 6.02. The Balaban J connectivity index is 1.10. The van der Waals surface area contributed by atoms with Gasteiger partial charge in [-0.05, 0) is 76.0 Å². The topological polar surface area (TPSA) is 35.6 Å². The van der Waals surface area contributed by atoms with Crippen molar-refractivity contribution in [3.63, 3.8) is 0 Å². The number of hydrogen-bond donors (Lipinski definition) is 0. The van der Waals surface area contributed by atoms with Gasteiger partial charge in [0.15, 0.2) is 0 Å². The van der Waals surface area contributed by atoms with Gasteiger partial charge in [0.1, 0.15) is 6.33 Å². The molecule has 0 spiro atoms. The van der Waals surface area contributed by atoms with E-state index in [4.69, 9.17) is 9.97 Å². The van der Waals surface area contributed by atoms with Gasteiger partial charge >= 0.3 is 0 Å². The fourth-order valence-electron chi connectivity index (χ4n) is 9.22. The highest BCUT2D eigenvalue weighted by Crippen LogP contribution is 2.50. The first-order chi connectivity index (χ1) is 26.8. The van der Waals surface area contributed by atoms with E-state index in [9.17, 15) is 0 Å². The summed E-state index contributed by atoms with van der Waals surface area (Å²) in [6.07, 6.45) is 1.72. The third kappa shape index (κ3) is 3.97. The summed E-state index contributed by atoms with van der Waals surface area (Å²) in [7, 11) is 0. The summed E-state index contributed by atoms with van der Waals surface area (Å²) in [5, 5.41) is 7.45. The first-order valence-corrected chi connectivity index (χ1v) is 18.4. The predicted octanol–water partition coefficient (Wildman–Crippen LogP) is 12.8. The molecule has 0 amide bonds. The third-order valence-electron chi connectivity index (χ3n) is 11.4. The van der Waals surface area contributed by atoms with Crippen LogP contribution < -0.4 is 0 Å². The van der Waals surface area contributed by atoms with Crippen LogP contribution in [-0.2, 0) is 0 Å². The van der Waals surface area contributed by atoms with Crippen LogP contribution >= 0.6 is 0 Å². The van der Waals surface area contributed by atoms with Crippen molar-refractivity contribution in [3.05, 3.63) is 182 Å². The van der Waals surface area contributed by atoms with Crippen molar-refractivity contribution in [2.24, 2.45) is 0 Å². The Morgan fingerprint density at radius 1 is 0.352 bits per heavy atom. The van der Waals surface area contributed by atoms with Crippen LogP contribution in [0.15, 0.2) is 182 Å². The Bertz CT molecular complexity index is 3330. The molecule has 4 nitrogen and oxygen atoms in total. The zero-order valence-electron chi connectivity index (χ0n) is 29.1. The summed E-state index contributed by atoms with van der Waals surface area (Å²) < 4.78 is 4.81. The minimum absolute atomic E-state index is 0.952. The number of rotatable bonds is 4. The van der Waals surface area contributed by atoms with E-state index < -0.39 is 0 Å². The maximum Gasteiger partial charge on any atom is 0.116 e. The average molecular weight is 687 g/mol. The van der Waals surface area contributed by atoms with Crippen LogP contribution in [-0.4, -0.2) is 19.1 Å². The van der Waals surface area contributed by atoms with Gasteiger partial charge in [-0.25, -0.2) is 9.97 Å². The predicted molar refractivity (Wildman–Crippen MR) is 224 cm³/mol. The summed E-state index contributed by atoms with van der Waals surface area (Å²) in [6.45, 7) is 0. The van der Waals surface area contributed by atoms with E-state index in [-0.39, 0.29) is 0 Å². The molecule has 0 unspecified atom stereocenters. The molecular formula is C50H30N4. The van der Waals surface area contributed by atoms with Gasteiger partial charge in [-0.1, -0.05) is 127 Å². The van der Waals surface area contributed by atoms with Gasteiger partial charge in [-0.15, -0.1) is 0 Å². The maximum absolute atomic E-state index is 4.95. The summed E-state index contributed by atoms with van der Waals surface area (Å²) in [6, 6.07) is 63.6. The maximum atomic E-state index is 4.95. The molecule has 0 N–H and O–H groups in total. The SMILES string of the molecule is c1ccc(-n2c3ccccc3c3c(-c4cccc5c4c4ccccc4n5-c4cccc(-c5ncnc6c5-c5cccc7cccc-6c57)c4)cccc32)cc1. The Morgan fingerprint density at radius 3 is 1.57 bits per heavy atom. The summed E-state index contributed by atoms with van der Waals surface area (Å²) in [4.78, 5) is 9.77. The molecule has 3 heterocycles. The highest BCUT2D eigenvalue weighted by Gasteiger charge is 2.27. The number of para-hydroxylation sites is 3. The standard InChI is InChI=1S/C50H30N4/c1-2-16-33(17-3-1)53-41-25-6-4-19-37(41)46-35(21-11-27-43(46)53)36-22-12-28-44-47(36)38-20-5-7-26-42(38)54(44)34-18-8-15-32(29-34)49-48-39-23-9-13-31-14-10-24-40(45(31)39)50(48)52-30-51-49/h1-30H. The molecule has 12 rings (SSSR count). The number of aromatic nitrogens is 4. The van der Waals surface area contributed by atoms with Crippen LogP contribution in [0.2, 0.25) is 0 Å². The van der Waals surface area contributed by atoms with Gasteiger partial charge in [0.05, 0.1) is 33.5 Å². The quantitative estimate of drug-likeness (QED) is 0.185. The molecule has 3 aromatic heterocycles. The lowest BCUT2D eigenvalue weighted by Gasteiger charge is -2.13. The minimum Gasteiger partial charge on any atom is -0.309 e. The minimum atomic E-state index is 0.952. The van der Waals surface area contributed by atoms with Crippen molar-refractivity contribution in [1.82, 2.24) is 19.1 Å². The number of hydrogen-bond acceptors (Lipinski definition) is 2. The molecule has 1 aliphatic rings. The van der Waals surface area contributed by atoms with E-state index in [1.165, 1.54) is 76.6 Å². The van der Waals surface area contributed by atoms with Gasteiger partial charge in [0, 0.05) is 49.6 Å². The lowest BCUT2D eigenvalue weighted by molar-refractivity contribution is 1.17. The molecule has 4 heteroatoms. The lowest BCUT2D eigenvalue weighted by Crippen LogP contribution is -1.96. The van der Waals surface area contributed by atoms with Crippen LogP contribution in [0.1, 0.15) is 0 Å². The molecule has 0 fully saturated rings. The van der Waals surface area contributed by atoms with Gasteiger partial charge < -0.3 is 9.13 Å². The fraction of sp³-hybridized carbons (Fsp3) is 0. The van der Waals surface area contributed by atoms with Crippen molar-refractivity contribution < 1.29 is 0 Å². The monoisotopic (exact) mass is 686 g/mol. The highest BCUT2D eigenvalue weighted by atomic mass is 15.0. The van der Waals surface area contributed by atoms with Crippen molar-refractivity contribution >= 4 is 54.4 Å². The molecule has 0 radical (unpaired) electrons. The van der Waals surface area contributed by atoms with E-state index in [2.05, 4.69) is 185 Å². The molecular weight excluding hydrogens is 657 g/mol. The van der Waals surface area contributed by atoms with Crippen LogP contribution in [0, 0.1) is 0 Å². The van der Waals surface area contributed by atoms with Crippen LogP contribution in [0.5, 0.6) is 0 Å². The van der Waals surface area contributed by atoms with Gasteiger partial charge in [-0.3, -0.25) is 0 Å². The Hall–Kier alpha value is -7.30. The molecule has 0 aliphatic heterocycles. The smallest absolute Gasteiger partial charge is 0.116 e. The van der Waals surface area contributed by atoms with E-state index in [0.29, 0.717) is 0 Å². The Labute approximate surface area is 310 Å². The van der Waals surface area contributed by atoms with Crippen LogP contribution in [0.3, 0.4) is 0 Å². The van der Waals surface area contributed by atoms with Gasteiger partial charge in [0.2, 0.25) is 0 Å². The molecule has 250 valence electrons. The Morgan fingerprint density at radius 2 is 0.870 bits per heavy atom. The summed E-state index contributed by atoms with van der Waals surface area (Å²) in [5.74, 6) is 0. The van der Waals surface area contributed by atoms with Gasteiger partial charge in [0.25, 0.3) is 0 Å². The van der Waals surface area contributed by atoms with Crippen LogP contribution in [0.25, 0.3) is 111 Å². The second-order valence-electron chi connectivity index (χ2n) is 14.1. The van der Waals surface area contributed by atoms with Crippen molar-refractivity contribution in [3.8, 4) is 56.1 Å². The molecule has 54 heavy (non-hydrogen) atoms. The highest BCUT2D eigenvalue weighted by molar-refractivity contribution is 6.22. The van der Waals surface area contributed by atoms with Crippen molar-refractivity contribution in [1.29, 1.82) is 0 Å². The second-order valence-corrected chi connectivity index (χ2v) is 14.1. The van der Waals surface area contributed by atoms with E-state index in [1.54, 1.807) is 6.33 Å². The molecule has 0 atom stereocenters. The molecule has 1 aliphatic carbocycles. The number of benzene rings is 8. The number of nitrogens with zero attached hydrogens (tertiary/aromatic N) is 4. The van der Waals surface area contributed by atoms with Crippen LogP contribution in [0.4, 0.5) is 0 Å². The van der Waals surface area contributed by atoms with Crippen molar-refractivity contribution in [2.45, 2.75) is 0 Å². The largest absolute Gasteiger partial charge is 0.309 e. The number of fused-ring (bicyclic) bond motifs is 9. The molecule has 0 saturated carbocycles. The first-order valence-electron chi connectivity index (χ1n) is 18.4. The second kappa shape index (κ2) is 11.1. The molecule has 0 saturated heterocycles. The summed E-state index contributed by atoms with van der Waals surface area (Å²) in [5.41, 5.74) is 15.9. The fourth-order valence-corrected chi connectivity index (χ4v) is 9.22. The normalized spacial score (nSPS) is 12.1. The molecule has 0 bridgehead atoms. The van der Waals surface area contributed by atoms with E-state index >= 15 is 0 Å². The molecule has 11 aromatic rings. The zero-order valence-corrected chi connectivity index (χ0v) is 29.1. The van der Waals surface area contributed by atoms with Gasteiger partial charge in [-0.2, -0.15) is 0 Å². The lowest BCUT2D eigenvalue weighted by atomic mass is 9.95. The first kappa shape index (κ1) is 29.3. The third-order valence-corrected chi connectivity index (χ3v) is 11.4. The molecule has 8 aromatic carbocycles. The van der Waals surface area contributed by atoms with E-state index in [1.807, 2.05) is 0 Å². The zero-order chi connectivity index (χ0) is 35.3. The average Bonchev–Trinajstić information content (AvgIpc) is 3.88. The van der Waals surface area contributed by atoms with Crippen molar-refractivity contribution in [2.75, 3.05) is 0 Å². The summed E-state index contributed by atoms with van der Waals surface area (Å²) >= 11 is 0. The van der Waals surface area contributed by atoms with E-state index in [0.717, 1.165) is 33.9 Å².